The van der Waals surface area contributed by atoms with Crippen molar-refractivity contribution in [1.29, 1.82) is 0 Å². The average molecular weight is 549 g/mol. The fourth-order valence-corrected chi connectivity index (χ4v) is 8.94. The highest BCUT2D eigenvalue weighted by Gasteiger charge is 2.68. The molecule has 216 valence electrons. The van der Waals surface area contributed by atoms with Gasteiger partial charge in [0.15, 0.2) is 12.4 Å². The van der Waals surface area contributed by atoms with E-state index in [2.05, 4.69) is 12.1 Å². The van der Waals surface area contributed by atoms with Crippen molar-refractivity contribution < 1.29 is 44.8 Å². The molecule has 5 N–H and O–H groups in total. The molecule has 39 heavy (non-hydrogen) atoms. The third-order valence-electron chi connectivity index (χ3n) is 10.9. The molecule has 4 fully saturated rings. The molecule has 0 bridgehead atoms. The van der Waals surface area contributed by atoms with Gasteiger partial charge >= 0.3 is 5.97 Å². The molecule has 0 aromatic carbocycles. The summed E-state index contributed by atoms with van der Waals surface area (Å²) in [5.41, 5.74) is -0.824. The van der Waals surface area contributed by atoms with Crippen LogP contribution in [0.3, 0.4) is 0 Å². The number of ketones is 1. The maximum absolute atomic E-state index is 12.6. The van der Waals surface area contributed by atoms with Crippen molar-refractivity contribution in [3.63, 3.8) is 0 Å². The number of hydrogen-bond donors (Lipinski definition) is 5. The van der Waals surface area contributed by atoms with Gasteiger partial charge in [0.05, 0.1) is 17.9 Å². The number of allylic oxidation sites excluding steroid dienone is 2. The van der Waals surface area contributed by atoms with E-state index in [-0.39, 0.29) is 36.1 Å². The number of Topliss-reactive ketones (excluding diaryl/α,β-unsaturated/α-hetero) is 1. The Balaban J connectivity index is 1.29. The van der Waals surface area contributed by atoms with E-state index >= 15 is 0 Å². The second-order valence-corrected chi connectivity index (χ2v) is 12.7. The zero-order valence-corrected chi connectivity index (χ0v) is 22.6. The molecule has 11 nitrogen and oxygen atoms in total. The van der Waals surface area contributed by atoms with Crippen LogP contribution in [0.15, 0.2) is 16.8 Å². The molecule has 0 radical (unpaired) electrons. The Morgan fingerprint density at radius 1 is 1.15 bits per heavy atom. The standard InChI is InChI=1S/C28H40N2O9/c1-26-7-5-16(29-39-14-23(35)30-12-17(32)10-20(30)25(36)37)9-15(26)3-4-18-19-6-8-28(38,22(34)13-31)27(19,2)11-21(33)24(18)26/h9,17-21,24,31-33,38H,3-8,10-14H2,1-2H3,(H,36,37)/b29-16-/t17-,18-,19+,20-,21+,24+,26+,27+,28+/m1/s1. The smallest absolute Gasteiger partial charge is 0.326 e. The van der Waals surface area contributed by atoms with E-state index in [0.29, 0.717) is 31.4 Å². The van der Waals surface area contributed by atoms with Gasteiger partial charge < -0.3 is 35.3 Å². The Morgan fingerprint density at radius 3 is 2.59 bits per heavy atom. The lowest BCUT2D eigenvalue weighted by Gasteiger charge is -2.60. The molecule has 0 aromatic rings. The minimum atomic E-state index is -1.62. The fraction of sp³-hybridized carbons (Fsp3) is 0.786. The van der Waals surface area contributed by atoms with Gasteiger partial charge in [-0.05, 0) is 74.2 Å². The van der Waals surface area contributed by atoms with Gasteiger partial charge in [0.2, 0.25) is 0 Å². The first-order valence-corrected chi connectivity index (χ1v) is 14.0. The largest absolute Gasteiger partial charge is 0.480 e. The van der Waals surface area contributed by atoms with Crippen molar-refractivity contribution in [3.05, 3.63) is 11.6 Å². The predicted octanol–water partition coefficient (Wildman–Crippen LogP) is 0.631. The van der Waals surface area contributed by atoms with Crippen molar-refractivity contribution in [3.8, 4) is 0 Å². The number of rotatable bonds is 6. The van der Waals surface area contributed by atoms with Crippen LogP contribution in [0.5, 0.6) is 0 Å². The molecule has 1 aliphatic heterocycles. The minimum Gasteiger partial charge on any atom is -0.480 e. The van der Waals surface area contributed by atoms with Crippen LogP contribution >= 0.6 is 0 Å². The summed E-state index contributed by atoms with van der Waals surface area (Å²) in [6, 6.07) is -1.07. The van der Waals surface area contributed by atoms with Gasteiger partial charge in [0.1, 0.15) is 18.2 Å². The molecule has 3 saturated carbocycles. The Labute approximate surface area is 227 Å². The van der Waals surface area contributed by atoms with E-state index in [1.165, 1.54) is 5.57 Å². The van der Waals surface area contributed by atoms with E-state index in [4.69, 9.17) is 4.84 Å². The van der Waals surface area contributed by atoms with Crippen molar-refractivity contribution >= 4 is 23.4 Å². The second-order valence-electron chi connectivity index (χ2n) is 12.7. The van der Waals surface area contributed by atoms with Crippen LogP contribution in [0.25, 0.3) is 0 Å². The molecule has 5 rings (SSSR count). The molecule has 0 spiro atoms. The number of carbonyl (C=O) groups excluding carboxylic acids is 2. The maximum Gasteiger partial charge on any atom is 0.326 e. The molecule has 11 heteroatoms. The summed E-state index contributed by atoms with van der Waals surface area (Å²) in [4.78, 5) is 42.9. The number of aliphatic carboxylic acids is 1. The quantitative estimate of drug-likeness (QED) is 0.298. The molecule has 0 aromatic heterocycles. The van der Waals surface area contributed by atoms with E-state index in [9.17, 15) is 39.9 Å². The lowest BCUT2D eigenvalue weighted by Crippen LogP contribution is -2.62. The van der Waals surface area contributed by atoms with Crippen molar-refractivity contribution in [2.45, 2.75) is 89.1 Å². The number of fused-ring (bicyclic) bond motifs is 5. The van der Waals surface area contributed by atoms with Gasteiger partial charge in [0, 0.05) is 18.4 Å². The number of aliphatic hydroxyl groups is 4. The number of nitrogens with zero attached hydrogens (tertiary/aromatic N) is 2. The number of hydrogen-bond acceptors (Lipinski definition) is 9. The first-order chi connectivity index (χ1) is 18.4. The highest BCUT2D eigenvalue weighted by atomic mass is 16.6. The predicted molar refractivity (Wildman–Crippen MR) is 137 cm³/mol. The second kappa shape index (κ2) is 9.94. The number of aliphatic hydroxyl groups excluding tert-OH is 3. The zero-order valence-electron chi connectivity index (χ0n) is 22.6. The third-order valence-corrected chi connectivity index (χ3v) is 10.9. The number of β-amino-alcohol motifs (C(OH)–C–C–N with tert-alkyl or cyclic N) is 1. The number of carboxylic acids is 1. The van der Waals surface area contributed by atoms with Crippen LogP contribution in [-0.4, -0.2) is 97.4 Å². The lowest BCUT2D eigenvalue weighted by molar-refractivity contribution is -0.181. The van der Waals surface area contributed by atoms with Crippen LogP contribution in [-0.2, 0) is 19.2 Å². The van der Waals surface area contributed by atoms with E-state index < -0.39 is 60.1 Å². The van der Waals surface area contributed by atoms with E-state index in [0.717, 1.165) is 24.2 Å². The topological polar surface area (TPSA) is 177 Å². The molecule has 1 heterocycles. The van der Waals surface area contributed by atoms with Gasteiger partial charge in [-0.2, -0.15) is 0 Å². The summed E-state index contributed by atoms with van der Waals surface area (Å²) in [6.45, 7) is 2.91. The molecular weight excluding hydrogens is 508 g/mol. The molecule has 1 saturated heterocycles. The Kier molecular flexibility index (Phi) is 7.18. The maximum atomic E-state index is 12.6. The number of likely N-dealkylation sites (tertiary alicyclic amines) is 1. The lowest BCUT2D eigenvalue weighted by atomic mass is 9.45. The molecule has 1 amide bonds. The summed E-state index contributed by atoms with van der Waals surface area (Å²) in [6.07, 6.45) is 4.61. The van der Waals surface area contributed by atoms with Crippen LogP contribution in [0.1, 0.15) is 65.2 Å². The average Bonchev–Trinajstić information content (AvgIpc) is 3.41. The Bertz CT molecular complexity index is 1110. The molecule has 9 atom stereocenters. The van der Waals surface area contributed by atoms with Crippen LogP contribution in [0.2, 0.25) is 0 Å². The SMILES string of the molecule is C[C@]12CC/C(=N/OCC(=O)N3C[C@H](O)C[C@@H]3C(=O)O)C=C1CC[C@H]1[C@H]2[C@@H](O)C[C@@]2(C)[C@H]1CC[C@]2(O)C(=O)CO. The highest BCUT2D eigenvalue weighted by Crippen LogP contribution is 2.67. The summed E-state index contributed by atoms with van der Waals surface area (Å²) in [7, 11) is 0. The molecule has 0 unspecified atom stereocenters. The summed E-state index contributed by atoms with van der Waals surface area (Å²) >= 11 is 0. The zero-order chi connectivity index (χ0) is 28.3. The number of amides is 1. The Morgan fingerprint density at radius 2 is 1.90 bits per heavy atom. The number of oxime groups is 1. The highest BCUT2D eigenvalue weighted by molar-refractivity contribution is 5.96. The van der Waals surface area contributed by atoms with Gasteiger partial charge in [0.25, 0.3) is 5.91 Å². The minimum absolute atomic E-state index is 0.00861. The van der Waals surface area contributed by atoms with Crippen molar-refractivity contribution in [1.82, 2.24) is 4.90 Å². The fourth-order valence-electron chi connectivity index (χ4n) is 8.94. The van der Waals surface area contributed by atoms with E-state index in [1.54, 1.807) is 0 Å². The van der Waals surface area contributed by atoms with Gasteiger partial charge in [-0.1, -0.05) is 24.6 Å². The molecule has 5 aliphatic rings. The normalized spacial score (nSPS) is 44.3. The summed E-state index contributed by atoms with van der Waals surface area (Å²) < 4.78 is 0. The van der Waals surface area contributed by atoms with Gasteiger partial charge in [-0.3, -0.25) is 9.59 Å². The number of carboxylic acid groups (broad SMARTS) is 1. The first kappa shape index (κ1) is 28.2. The summed E-state index contributed by atoms with van der Waals surface area (Å²) in [5, 5.41) is 55.6. The van der Waals surface area contributed by atoms with Crippen LogP contribution in [0, 0.1) is 28.6 Å². The van der Waals surface area contributed by atoms with Crippen LogP contribution in [0.4, 0.5) is 0 Å². The van der Waals surface area contributed by atoms with Crippen molar-refractivity contribution in [2.24, 2.45) is 33.7 Å². The van der Waals surface area contributed by atoms with Gasteiger partial charge in [-0.25, -0.2) is 4.79 Å². The molecule has 4 aliphatic carbocycles. The Hall–Kier alpha value is -2.34. The molecular formula is C28H40N2O9. The monoisotopic (exact) mass is 548 g/mol. The van der Waals surface area contributed by atoms with Crippen LogP contribution < -0.4 is 0 Å². The van der Waals surface area contributed by atoms with Crippen molar-refractivity contribution in [2.75, 3.05) is 19.8 Å². The first-order valence-electron chi connectivity index (χ1n) is 14.0. The van der Waals surface area contributed by atoms with E-state index in [1.807, 2.05) is 13.0 Å². The summed E-state index contributed by atoms with van der Waals surface area (Å²) in [5.74, 6) is -2.06. The third kappa shape index (κ3) is 4.32. The number of carbonyl (C=O) groups is 3. The van der Waals surface area contributed by atoms with Gasteiger partial charge in [-0.15, -0.1) is 0 Å².